The monoisotopic (exact) mass is 394 g/mol. The zero-order chi connectivity index (χ0) is 20.1. The van der Waals surface area contributed by atoms with Gasteiger partial charge in [-0.05, 0) is 60.8 Å². The normalized spacial score (nSPS) is 12.2. The van der Waals surface area contributed by atoms with E-state index < -0.39 is 0 Å². The molecule has 0 aromatic heterocycles. The SMILES string of the molecule is COc1cc(CN(C)C(C)C(=O)Nc2ccc3ccccc3c2)ccc1SC. The molecule has 0 aliphatic heterocycles. The Balaban J connectivity index is 1.66. The van der Waals surface area contributed by atoms with Gasteiger partial charge in [0.15, 0.2) is 0 Å². The van der Waals surface area contributed by atoms with Crippen molar-refractivity contribution in [2.75, 3.05) is 25.7 Å². The molecule has 0 aliphatic rings. The van der Waals surface area contributed by atoms with Gasteiger partial charge in [0, 0.05) is 17.1 Å². The first-order chi connectivity index (χ1) is 13.5. The lowest BCUT2D eigenvalue weighted by atomic mass is 10.1. The van der Waals surface area contributed by atoms with E-state index in [9.17, 15) is 4.79 Å². The molecule has 0 fully saturated rings. The number of methoxy groups -OCH3 is 1. The Morgan fingerprint density at radius 1 is 1.11 bits per heavy atom. The van der Waals surface area contributed by atoms with Crippen LogP contribution in [0.25, 0.3) is 10.8 Å². The average Bonchev–Trinajstić information content (AvgIpc) is 2.72. The zero-order valence-corrected chi connectivity index (χ0v) is 17.5. The molecule has 0 heterocycles. The largest absolute Gasteiger partial charge is 0.496 e. The van der Waals surface area contributed by atoms with Gasteiger partial charge in [-0.1, -0.05) is 36.4 Å². The summed E-state index contributed by atoms with van der Waals surface area (Å²) < 4.78 is 5.46. The van der Waals surface area contributed by atoms with E-state index in [4.69, 9.17) is 4.74 Å². The average molecular weight is 395 g/mol. The lowest BCUT2D eigenvalue weighted by Crippen LogP contribution is -2.39. The predicted molar refractivity (Wildman–Crippen MR) is 118 cm³/mol. The van der Waals surface area contributed by atoms with Crippen LogP contribution in [-0.4, -0.2) is 37.3 Å². The van der Waals surface area contributed by atoms with Crippen molar-refractivity contribution >= 4 is 34.1 Å². The molecular formula is C23H26N2O2S. The van der Waals surface area contributed by atoms with Gasteiger partial charge in [0.05, 0.1) is 13.2 Å². The van der Waals surface area contributed by atoms with Gasteiger partial charge in [-0.3, -0.25) is 9.69 Å². The Morgan fingerprint density at radius 3 is 2.57 bits per heavy atom. The van der Waals surface area contributed by atoms with Gasteiger partial charge in [-0.15, -0.1) is 11.8 Å². The van der Waals surface area contributed by atoms with Crippen LogP contribution in [0.4, 0.5) is 5.69 Å². The number of amides is 1. The first-order valence-corrected chi connectivity index (χ1v) is 10.4. The van der Waals surface area contributed by atoms with Crippen molar-refractivity contribution in [2.24, 2.45) is 0 Å². The van der Waals surface area contributed by atoms with Crippen molar-refractivity contribution in [3.05, 3.63) is 66.2 Å². The molecule has 1 N–H and O–H groups in total. The zero-order valence-electron chi connectivity index (χ0n) is 16.7. The minimum Gasteiger partial charge on any atom is -0.496 e. The molecule has 0 saturated heterocycles. The van der Waals surface area contributed by atoms with Crippen LogP contribution in [0.2, 0.25) is 0 Å². The second kappa shape index (κ2) is 9.13. The number of hydrogen-bond acceptors (Lipinski definition) is 4. The van der Waals surface area contributed by atoms with Crippen LogP contribution in [0.1, 0.15) is 12.5 Å². The van der Waals surface area contributed by atoms with Crippen LogP contribution >= 0.6 is 11.8 Å². The van der Waals surface area contributed by atoms with E-state index in [2.05, 4.69) is 23.5 Å². The van der Waals surface area contributed by atoms with E-state index in [1.54, 1.807) is 18.9 Å². The van der Waals surface area contributed by atoms with Crippen molar-refractivity contribution in [1.29, 1.82) is 0 Å². The summed E-state index contributed by atoms with van der Waals surface area (Å²) in [6, 6.07) is 20.0. The lowest BCUT2D eigenvalue weighted by Gasteiger charge is -2.24. The Hall–Kier alpha value is -2.50. The molecular weight excluding hydrogens is 368 g/mol. The Kier molecular flexibility index (Phi) is 6.60. The summed E-state index contributed by atoms with van der Waals surface area (Å²) in [7, 11) is 3.64. The molecule has 0 saturated carbocycles. The quantitative estimate of drug-likeness (QED) is 0.571. The fourth-order valence-electron chi connectivity index (χ4n) is 3.12. The molecule has 1 atom stereocenters. The third-order valence-electron chi connectivity index (χ3n) is 4.94. The van der Waals surface area contributed by atoms with Gasteiger partial charge >= 0.3 is 0 Å². The summed E-state index contributed by atoms with van der Waals surface area (Å²) in [6.45, 7) is 2.58. The highest BCUT2D eigenvalue weighted by Gasteiger charge is 2.19. The highest BCUT2D eigenvalue weighted by molar-refractivity contribution is 7.98. The summed E-state index contributed by atoms with van der Waals surface area (Å²) in [6.07, 6.45) is 2.03. The maximum atomic E-state index is 12.7. The van der Waals surface area contributed by atoms with E-state index in [1.807, 2.05) is 67.6 Å². The van der Waals surface area contributed by atoms with Crippen LogP contribution in [0, 0.1) is 0 Å². The molecule has 3 aromatic carbocycles. The van der Waals surface area contributed by atoms with Crippen molar-refractivity contribution < 1.29 is 9.53 Å². The summed E-state index contributed by atoms with van der Waals surface area (Å²) >= 11 is 1.66. The smallest absolute Gasteiger partial charge is 0.241 e. The van der Waals surface area contributed by atoms with E-state index in [0.29, 0.717) is 6.54 Å². The number of nitrogens with one attached hydrogen (secondary N) is 1. The number of benzene rings is 3. The van der Waals surface area contributed by atoms with Crippen molar-refractivity contribution in [2.45, 2.75) is 24.4 Å². The van der Waals surface area contributed by atoms with Gasteiger partial charge in [-0.2, -0.15) is 0 Å². The summed E-state index contributed by atoms with van der Waals surface area (Å²) in [5.41, 5.74) is 1.93. The number of ether oxygens (including phenoxy) is 1. The molecule has 28 heavy (non-hydrogen) atoms. The second-order valence-electron chi connectivity index (χ2n) is 6.83. The maximum absolute atomic E-state index is 12.7. The molecule has 4 nitrogen and oxygen atoms in total. The molecule has 0 radical (unpaired) electrons. The molecule has 0 bridgehead atoms. The first kappa shape index (κ1) is 20.2. The summed E-state index contributed by atoms with van der Waals surface area (Å²) in [4.78, 5) is 15.9. The van der Waals surface area contributed by atoms with E-state index in [-0.39, 0.29) is 11.9 Å². The third kappa shape index (κ3) is 4.66. The van der Waals surface area contributed by atoms with Crippen LogP contribution in [0.5, 0.6) is 5.75 Å². The van der Waals surface area contributed by atoms with Gasteiger partial charge in [0.1, 0.15) is 5.75 Å². The van der Waals surface area contributed by atoms with Gasteiger partial charge in [0.25, 0.3) is 0 Å². The summed E-state index contributed by atoms with van der Waals surface area (Å²) in [5, 5.41) is 5.31. The fraction of sp³-hybridized carbons (Fsp3) is 0.261. The number of carbonyl (C=O) groups is 1. The van der Waals surface area contributed by atoms with E-state index >= 15 is 0 Å². The summed E-state index contributed by atoms with van der Waals surface area (Å²) in [5.74, 6) is 0.845. The van der Waals surface area contributed by atoms with Crippen LogP contribution in [0.15, 0.2) is 65.6 Å². The molecule has 0 spiro atoms. The Labute approximate surface area is 170 Å². The lowest BCUT2D eigenvalue weighted by molar-refractivity contribution is -0.120. The number of rotatable bonds is 7. The number of thioether (sulfide) groups is 1. The number of anilines is 1. The van der Waals surface area contributed by atoms with E-state index in [1.165, 1.54) is 0 Å². The number of carbonyl (C=O) groups excluding carboxylic acids is 1. The molecule has 1 unspecified atom stereocenters. The fourth-order valence-corrected chi connectivity index (χ4v) is 3.67. The Morgan fingerprint density at radius 2 is 1.86 bits per heavy atom. The maximum Gasteiger partial charge on any atom is 0.241 e. The molecule has 1 amide bonds. The number of hydrogen-bond donors (Lipinski definition) is 1. The highest BCUT2D eigenvalue weighted by atomic mass is 32.2. The van der Waals surface area contributed by atoms with Crippen LogP contribution in [0.3, 0.4) is 0 Å². The molecule has 5 heteroatoms. The number of nitrogens with zero attached hydrogens (tertiary/aromatic N) is 1. The van der Waals surface area contributed by atoms with Crippen molar-refractivity contribution in [3.63, 3.8) is 0 Å². The van der Waals surface area contributed by atoms with Crippen molar-refractivity contribution in [1.82, 2.24) is 4.90 Å². The number of fused-ring (bicyclic) bond motifs is 1. The first-order valence-electron chi connectivity index (χ1n) is 9.22. The van der Waals surface area contributed by atoms with Gasteiger partial charge < -0.3 is 10.1 Å². The van der Waals surface area contributed by atoms with Gasteiger partial charge in [0.2, 0.25) is 5.91 Å². The highest BCUT2D eigenvalue weighted by Crippen LogP contribution is 2.29. The van der Waals surface area contributed by atoms with Gasteiger partial charge in [-0.25, -0.2) is 0 Å². The second-order valence-corrected chi connectivity index (χ2v) is 7.68. The third-order valence-corrected chi connectivity index (χ3v) is 5.71. The molecule has 3 rings (SSSR count). The van der Waals surface area contributed by atoms with Crippen LogP contribution < -0.4 is 10.1 Å². The predicted octanol–water partition coefficient (Wildman–Crippen LogP) is 5.03. The number of likely N-dealkylation sites (N-methyl/N-ethyl adjacent to an activating group) is 1. The molecule has 0 aliphatic carbocycles. The van der Waals surface area contributed by atoms with E-state index in [0.717, 1.165) is 32.7 Å². The minimum absolute atomic E-state index is 0.0227. The topological polar surface area (TPSA) is 41.6 Å². The van der Waals surface area contributed by atoms with Crippen molar-refractivity contribution in [3.8, 4) is 5.75 Å². The standard InChI is InChI=1S/C23H26N2O2S/c1-16(25(2)15-17-9-12-22(28-4)21(13-17)27-3)23(26)24-20-11-10-18-7-5-6-8-19(18)14-20/h5-14,16H,15H2,1-4H3,(H,24,26). The molecule has 3 aromatic rings. The minimum atomic E-state index is -0.266. The Bertz CT molecular complexity index is 974. The van der Waals surface area contributed by atoms with Crippen LogP contribution in [-0.2, 0) is 11.3 Å². The molecule has 146 valence electrons.